The standard InChI is InChI=1S/C26H26F2N8O5S/c1-39-15-4-2-3-14(11-15)23(37)31-19-12-16(17(27)13-18(19)28)22-33-24(41-35-22)20-21(29)32-26(42-20)34-25(38)30-5-6-36-7-9-40-10-8-36/h2-4,11-13H,5-10,29H2,1H3,(H,31,37)(H2,30,32,34,38). The number of anilines is 3. The fourth-order valence-corrected chi connectivity index (χ4v) is 4.83. The van der Waals surface area contributed by atoms with Crippen molar-refractivity contribution in [3.05, 3.63) is 53.6 Å². The quantitative estimate of drug-likeness (QED) is 0.223. The van der Waals surface area contributed by atoms with E-state index in [-0.39, 0.29) is 44.4 Å². The zero-order valence-electron chi connectivity index (χ0n) is 22.3. The zero-order chi connectivity index (χ0) is 29.6. The lowest BCUT2D eigenvalue weighted by Gasteiger charge is -2.26. The van der Waals surface area contributed by atoms with Crippen LogP contribution in [0.1, 0.15) is 10.4 Å². The molecule has 0 unspecified atom stereocenters. The lowest BCUT2D eigenvalue weighted by Crippen LogP contribution is -2.42. The third-order valence-electron chi connectivity index (χ3n) is 6.19. The van der Waals surface area contributed by atoms with E-state index in [9.17, 15) is 18.4 Å². The van der Waals surface area contributed by atoms with Gasteiger partial charge >= 0.3 is 6.03 Å². The number of amides is 3. The Hall–Kier alpha value is -4.67. The van der Waals surface area contributed by atoms with Gasteiger partial charge in [0, 0.05) is 37.8 Å². The number of benzene rings is 2. The normalized spacial score (nSPS) is 13.5. The van der Waals surface area contributed by atoms with Crippen molar-refractivity contribution >= 4 is 39.9 Å². The molecule has 2 aromatic heterocycles. The predicted molar refractivity (Wildman–Crippen MR) is 150 cm³/mol. The van der Waals surface area contributed by atoms with Crippen LogP contribution in [-0.2, 0) is 4.74 Å². The maximum Gasteiger partial charge on any atom is 0.321 e. The number of hydrogen-bond acceptors (Lipinski definition) is 11. The van der Waals surface area contributed by atoms with Crippen LogP contribution in [0, 0.1) is 11.6 Å². The third-order valence-corrected chi connectivity index (χ3v) is 7.16. The van der Waals surface area contributed by atoms with Gasteiger partial charge in [0.05, 0.1) is 31.6 Å². The van der Waals surface area contributed by atoms with Crippen LogP contribution in [-0.4, -0.2) is 78.5 Å². The van der Waals surface area contributed by atoms with E-state index in [0.29, 0.717) is 38.1 Å². The summed E-state index contributed by atoms with van der Waals surface area (Å²) in [6.07, 6.45) is 0. The molecule has 4 aromatic rings. The minimum atomic E-state index is -0.998. The molecule has 0 atom stereocenters. The molecule has 13 nitrogen and oxygen atoms in total. The molecule has 5 rings (SSSR count). The lowest BCUT2D eigenvalue weighted by molar-refractivity contribution is 0.0388. The minimum absolute atomic E-state index is 0.00429. The molecule has 42 heavy (non-hydrogen) atoms. The largest absolute Gasteiger partial charge is 0.497 e. The first-order valence-corrected chi connectivity index (χ1v) is 13.5. The van der Waals surface area contributed by atoms with Crippen LogP contribution < -0.4 is 26.4 Å². The second kappa shape index (κ2) is 12.9. The van der Waals surface area contributed by atoms with Crippen molar-refractivity contribution < 1.29 is 32.4 Å². The number of nitrogen functional groups attached to an aromatic ring is 1. The molecule has 220 valence electrons. The van der Waals surface area contributed by atoms with Gasteiger partial charge in [-0.1, -0.05) is 22.6 Å². The van der Waals surface area contributed by atoms with E-state index in [1.807, 2.05) is 0 Å². The number of aromatic nitrogens is 3. The molecule has 3 heterocycles. The number of morpholine rings is 1. The molecule has 0 bridgehead atoms. The van der Waals surface area contributed by atoms with Crippen molar-refractivity contribution in [1.29, 1.82) is 0 Å². The highest BCUT2D eigenvalue weighted by atomic mass is 32.1. The van der Waals surface area contributed by atoms with Crippen LogP contribution in [0.3, 0.4) is 0 Å². The maximum absolute atomic E-state index is 14.7. The molecule has 0 radical (unpaired) electrons. The molecule has 0 spiro atoms. The Bertz CT molecular complexity index is 1590. The van der Waals surface area contributed by atoms with E-state index in [1.54, 1.807) is 12.1 Å². The van der Waals surface area contributed by atoms with Crippen molar-refractivity contribution in [3.8, 4) is 27.9 Å². The van der Waals surface area contributed by atoms with Crippen LogP contribution in [0.5, 0.6) is 5.75 Å². The van der Waals surface area contributed by atoms with E-state index in [1.165, 1.54) is 19.2 Å². The van der Waals surface area contributed by atoms with Crippen LogP contribution >= 0.6 is 11.3 Å². The van der Waals surface area contributed by atoms with Crippen molar-refractivity contribution in [2.24, 2.45) is 0 Å². The molecule has 0 saturated carbocycles. The fourth-order valence-electron chi connectivity index (χ4n) is 4.03. The van der Waals surface area contributed by atoms with E-state index in [0.717, 1.165) is 30.5 Å². The van der Waals surface area contributed by atoms with Crippen molar-refractivity contribution in [1.82, 2.24) is 25.3 Å². The first-order valence-electron chi connectivity index (χ1n) is 12.7. The molecular weight excluding hydrogens is 574 g/mol. The lowest BCUT2D eigenvalue weighted by atomic mass is 10.1. The third kappa shape index (κ3) is 6.79. The molecule has 0 aliphatic carbocycles. The summed E-state index contributed by atoms with van der Waals surface area (Å²) in [6.45, 7) is 4.06. The van der Waals surface area contributed by atoms with Gasteiger partial charge in [0.2, 0.25) is 5.82 Å². The van der Waals surface area contributed by atoms with Crippen molar-refractivity contribution in [3.63, 3.8) is 0 Å². The molecule has 1 fully saturated rings. The number of thiazole rings is 1. The number of carbonyl (C=O) groups excluding carboxylic acids is 2. The second-order valence-electron chi connectivity index (χ2n) is 8.99. The maximum atomic E-state index is 14.7. The van der Waals surface area contributed by atoms with E-state index >= 15 is 0 Å². The summed E-state index contributed by atoms with van der Waals surface area (Å²) in [5.74, 6) is -2.48. The summed E-state index contributed by atoms with van der Waals surface area (Å²) < 4.78 is 45.0. The number of hydrogen-bond donors (Lipinski definition) is 4. The zero-order valence-corrected chi connectivity index (χ0v) is 23.1. The Labute approximate surface area is 242 Å². The number of methoxy groups -OCH3 is 1. The number of nitrogens with zero attached hydrogens (tertiary/aromatic N) is 4. The number of nitrogens with one attached hydrogen (secondary N) is 3. The van der Waals surface area contributed by atoms with Crippen LogP contribution in [0.4, 0.5) is 30.2 Å². The van der Waals surface area contributed by atoms with Crippen LogP contribution in [0.15, 0.2) is 40.9 Å². The minimum Gasteiger partial charge on any atom is -0.497 e. The summed E-state index contributed by atoms with van der Waals surface area (Å²) in [6, 6.07) is 7.44. The number of rotatable bonds is 9. The van der Waals surface area contributed by atoms with E-state index in [2.05, 4.69) is 36.0 Å². The van der Waals surface area contributed by atoms with Gasteiger partial charge in [-0.05, 0) is 24.3 Å². The molecule has 1 saturated heterocycles. The Morgan fingerprint density at radius 3 is 2.71 bits per heavy atom. The smallest absolute Gasteiger partial charge is 0.321 e. The highest BCUT2D eigenvalue weighted by molar-refractivity contribution is 7.19. The van der Waals surface area contributed by atoms with Gasteiger partial charge in [-0.3, -0.25) is 15.0 Å². The number of urea groups is 1. The molecular formula is C26H26F2N8O5S. The monoisotopic (exact) mass is 600 g/mol. The predicted octanol–water partition coefficient (Wildman–Crippen LogP) is 3.44. The summed E-state index contributed by atoms with van der Waals surface area (Å²) in [5, 5.41) is 11.7. The summed E-state index contributed by atoms with van der Waals surface area (Å²) >= 11 is 0.978. The molecule has 16 heteroatoms. The highest BCUT2D eigenvalue weighted by Crippen LogP contribution is 2.35. The number of nitrogens with two attached hydrogens (primary N) is 1. The summed E-state index contributed by atoms with van der Waals surface area (Å²) in [5.41, 5.74) is 5.68. The molecule has 1 aliphatic heterocycles. The molecule has 1 aliphatic rings. The number of carbonyl (C=O) groups is 2. The van der Waals surface area contributed by atoms with E-state index in [4.69, 9.17) is 19.7 Å². The summed E-state index contributed by atoms with van der Waals surface area (Å²) in [7, 11) is 1.45. The van der Waals surface area contributed by atoms with Crippen LogP contribution in [0.25, 0.3) is 22.2 Å². The van der Waals surface area contributed by atoms with Gasteiger partial charge in [0.25, 0.3) is 11.8 Å². The van der Waals surface area contributed by atoms with Crippen LogP contribution in [0.2, 0.25) is 0 Å². The highest BCUT2D eigenvalue weighted by Gasteiger charge is 2.22. The molecule has 2 aromatic carbocycles. The second-order valence-corrected chi connectivity index (χ2v) is 9.99. The SMILES string of the molecule is COc1cccc(C(=O)Nc2cc(-c3noc(-c4sc(NC(=O)NCCN5CCOCC5)nc4N)n3)c(F)cc2F)c1. The Kier molecular flexibility index (Phi) is 8.85. The first kappa shape index (κ1) is 28.8. The Morgan fingerprint density at radius 2 is 1.93 bits per heavy atom. The van der Waals surface area contributed by atoms with Gasteiger partial charge in [-0.15, -0.1) is 0 Å². The summed E-state index contributed by atoms with van der Waals surface area (Å²) in [4.78, 5) is 35.7. The topological polar surface area (TPSA) is 170 Å². The van der Waals surface area contributed by atoms with Gasteiger partial charge in [0.1, 0.15) is 28.1 Å². The fraction of sp³-hybridized carbons (Fsp3) is 0.269. The molecule has 5 N–H and O–H groups in total. The first-order chi connectivity index (χ1) is 20.3. The van der Waals surface area contributed by atoms with Gasteiger partial charge in [-0.2, -0.15) is 4.98 Å². The van der Waals surface area contributed by atoms with Gasteiger partial charge < -0.3 is 30.4 Å². The molecule has 3 amide bonds. The Balaban J connectivity index is 1.26. The van der Waals surface area contributed by atoms with Crippen molar-refractivity contribution in [2.75, 3.05) is 62.9 Å². The number of halogens is 2. The average Bonchev–Trinajstić information content (AvgIpc) is 3.61. The number of ether oxygens (including phenoxy) is 2. The van der Waals surface area contributed by atoms with E-state index < -0.39 is 23.6 Å². The Morgan fingerprint density at radius 1 is 1.12 bits per heavy atom. The van der Waals surface area contributed by atoms with Gasteiger partial charge in [0.15, 0.2) is 5.13 Å². The van der Waals surface area contributed by atoms with Gasteiger partial charge in [-0.25, -0.2) is 18.6 Å². The van der Waals surface area contributed by atoms with Crippen molar-refractivity contribution in [2.45, 2.75) is 0 Å². The average molecular weight is 601 g/mol.